The van der Waals surface area contributed by atoms with Crippen LogP contribution in [0, 0.1) is 6.92 Å². The van der Waals surface area contributed by atoms with Crippen LogP contribution in [0.5, 0.6) is 5.88 Å². The molecular weight excluding hydrogens is 246 g/mol. The molecule has 0 fully saturated rings. The van der Waals surface area contributed by atoms with Gasteiger partial charge in [0, 0.05) is 19.4 Å². The molecule has 0 atom stereocenters. The molecule has 0 spiro atoms. The van der Waals surface area contributed by atoms with Crippen LogP contribution in [0.3, 0.4) is 0 Å². The van der Waals surface area contributed by atoms with E-state index >= 15 is 0 Å². The van der Waals surface area contributed by atoms with Crippen molar-refractivity contribution in [1.82, 2.24) is 19.7 Å². The maximum Gasteiger partial charge on any atom is 0.218 e. The van der Waals surface area contributed by atoms with E-state index in [1.807, 2.05) is 13.1 Å². The summed E-state index contributed by atoms with van der Waals surface area (Å²) < 4.78 is 11.9. The van der Waals surface area contributed by atoms with Gasteiger partial charge in [0.2, 0.25) is 5.88 Å². The van der Waals surface area contributed by atoms with E-state index in [9.17, 15) is 0 Å². The first-order valence-corrected chi connectivity index (χ1v) is 5.89. The maximum absolute atomic E-state index is 5.10. The molecule has 0 unspecified atom stereocenters. The van der Waals surface area contributed by atoms with Crippen LogP contribution in [0.2, 0.25) is 0 Å². The number of methoxy groups -OCH3 is 2. The zero-order chi connectivity index (χ0) is 13.7. The molecule has 0 bridgehead atoms. The number of anilines is 2. The Morgan fingerprint density at radius 1 is 1.32 bits per heavy atom. The average molecular weight is 263 g/mol. The zero-order valence-corrected chi connectivity index (χ0v) is 11.3. The van der Waals surface area contributed by atoms with E-state index in [0.717, 1.165) is 5.69 Å². The summed E-state index contributed by atoms with van der Waals surface area (Å²) in [5.41, 5.74) is 0.858. The normalized spacial score (nSPS) is 10.5. The van der Waals surface area contributed by atoms with Gasteiger partial charge in [-0.15, -0.1) is 0 Å². The third-order valence-corrected chi connectivity index (χ3v) is 2.45. The molecule has 0 aliphatic heterocycles. The Bertz CT molecular complexity index is 541. The zero-order valence-electron chi connectivity index (χ0n) is 11.3. The van der Waals surface area contributed by atoms with Crippen molar-refractivity contribution in [3.63, 3.8) is 0 Å². The minimum atomic E-state index is 0.529. The number of aromatic nitrogens is 4. The second kappa shape index (κ2) is 6.14. The number of nitrogens with zero attached hydrogens (tertiary/aromatic N) is 4. The van der Waals surface area contributed by atoms with Crippen molar-refractivity contribution >= 4 is 11.5 Å². The van der Waals surface area contributed by atoms with Crippen molar-refractivity contribution in [3.05, 3.63) is 24.3 Å². The molecule has 0 aliphatic rings. The fourth-order valence-electron chi connectivity index (χ4n) is 1.59. The van der Waals surface area contributed by atoms with Crippen LogP contribution in [0.25, 0.3) is 0 Å². The summed E-state index contributed by atoms with van der Waals surface area (Å²) >= 11 is 0. The molecule has 0 saturated carbocycles. The fourth-order valence-corrected chi connectivity index (χ4v) is 1.59. The van der Waals surface area contributed by atoms with E-state index < -0.39 is 0 Å². The van der Waals surface area contributed by atoms with Gasteiger partial charge in [-0.05, 0) is 6.92 Å². The highest BCUT2D eigenvalue weighted by atomic mass is 16.5. The van der Waals surface area contributed by atoms with Crippen LogP contribution in [-0.2, 0) is 11.3 Å². The largest absolute Gasteiger partial charge is 0.481 e. The second-order valence-electron chi connectivity index (χ2n) is 3.95. The number of aryl methyl sites for hydroxylation is 1. The molecule has 7 heteroatoms. The highest BCUT2D eigenvalue weighted by molar-refractivity contribution is 5.54. The number of nitrogens with one attached hydrogen (secondary N) is 1. The van der Waals surface area contributed by atoms with E-state index in [1.54, 1.807) is 31.2 Å². The standard InChI is InChI=1S/C12H17N5O2/c1-9-14-11(6-12(15-9)19-3)16-10-7-13-17(8-10)4-5-18-2/h6-8H,4-5H2,1-3H3,(H,14,15,16). The van der Waals surface area contributed by atoms with Crippen molar-refractivity contribution in [3.8, 4) is 5.88 Å². The molecule has 102 valence electrons. The van der Waals surface area contributed by atoms with Crippen LogP contribution >= 0.6 is 0 Å². The summed E-state index contributed by atoms with van der Waals surface area (Å²) in [5, 5.41) is 7.38. The Hall–Kier alpha value is -2.15. The first-order chi connectivity index (χ1) is 9.21. The monoisotopic (exact) mass is 263 g/mol. The number of hydrogen-bond donors (Lipinski definition) is 1. The van der Waals surface area contributed by atoms with E-state index in [2.05, 4.69) is 20.4 Å². The van der Waals surface area contributed by atoms with Crippen LogP contribution in [0.15, 0.2) is 18.5 Å². The summed E-state index contributed by atoms with van der Waals surface area (Å²) in [4.78, 5) is 8.41. The summed E-state index contributed by atoms with van der Waals surface area (Å²) in [6.45, 7) is 3.15. The molecule has 0 amide bonds. The van der Waals surface area contributed by atoms with E-state index in [0.29, 0.717) is 30.7 Å². The van der Waals surface area contributed by atoms with Gasteiger partial charge in [0.05, 0.1) is 32.1 Å². The third kappa shape index (κ3) is 3.65. The molecule has 0 radical (unpaired) electrons. The van der Waals surface area contributed by atoms with Crippen molar-refractivity contribution in [1.29, 1.82) is 0 Å². The van der Waals surface area contributed by atoms with Gasteiger partial charge in [0.15, 0.2) is 0 Å². The summed E-state index contributed by atoms with van der Waals surface area (Å²) in [5.74, 6) is 1.85. The number of ether oxygens (including phenoxy) is 2. The lowest BCUT2D eigenvalue weighted by atomic mass is 10.4. The molecule has 2 rings (SSSR count). The van der Waals surface area contributed by atoms with E-state index in [4.69, 9.17) is 9.47 Å². The third-order valence-electron chi connectivity index (χ3n) is 2.45. The molecule has 2 aromatic heterocycles. The van der Waals surface area contributed by atoms with Gasteiger partial charge < -0.3 is 14.8 Å². The Kier molecular flexibility index (Phi) is 4.30. The van der Waals surface area contributed by atoms with Gasteiger partial charge in [0.1, 0.15) is 11.6 Å². The Morgan fingerprint density at radius 2 is 2.16 bits per heavy atom. The Labute approximate surface area is 111 Å². The molecule has 19 heavy (non-hydrogen) atoms. The smallest absolute Gasteiger partial charge is 0.218 e. The predicted octanol–water partition coefficient (Wildman–Crippen LogP) is 1.38. The number of rotatable bonds is 6. The summed E-state index contributed by atoms with van der Waals surface area (Å²) in [6, 6.07) is 1.74. The molecule has 0 saturated heterocycles. The van der Waals surface area contributed by atoms with Gasteiger partial charge in [-0.1, -0.05) is 0 Å². The minimum Gasteiger partial charge on any atom is -0.481 e. The van der Waals surface area contributed by atoms with Crippen LogP contribution in [0.1, 0.15) is 5.82 Å². The highest BCUT2D eigenvalue weighted by Gasteiger charge is 2.04. The molecule has 2 aromatic rings. The summed E-state index contributed by atoms with van der Waals surface area (Å²) in [6.07, 6.45) is 3.63. The first kappa shape index (κ1) is 13.3. The topological polar surface area (TPSA) is 74.1 Å². The average Bonchev–Trinajstić information content (AvgIpc) is 2.83. The molecule has 2 heterocycles. The van der Waals surface area contributed by atoms with Crippen LogP contribution in [0.4, 0.5) is 11.5 Å². The maximum atomic E-state index is 5.10. The Balaban J connectivity index is 2.08. The molecule has 0 aliphatic carbocycles. The molecule has 0 aromatic carbocycles. The van der Waals surface area contributed by atoms with Crippen molar-refractivity contribution in [2.24, 2.45) is 0 Å². The lowest BCUT2D eigenvalue weighted by molar-refractivity contribution is 0.183. The molecule has 7 nitrogen and oxygen atoms in total. The molecular formula is C12H17N5O2. The van der Waals surface area contributed by atoms with Gasteiger partial charge in [-0.3, -0.25) is 4.68 Å². The van der Waals surface area contributed by atoms with Crippen LogP contribution < -0.4 is 10.1 Å². The van der Waals surface area contributed by atoms with Crippen molar-refractivity contribution in [2.75, 3.05) is 26.1 Å². The lowest BCUT2D eigenvalue weighted by Crippen LogP contribution is -2.04. The van der Waals surface area contributed by atoms with Crippen molar-refractivity contribution < 1.29 is 9.47 Å². The fraction of sp³-hybridized carbons (Fsp3) is 0.417. The van der Waals surface area contributed by atoms with Gasteiger partial charge >= 0.3 is 0 Å². The highest BCUT2D eigenvalue weighted by Crippen LogP contribution is 2.17. The number of hydrogen-bond acceptors (Lipinski definition) is 6. The minimum absolute atomic E-state index is 0.529. The van der Waals surface area contributed by atoms with Gasteiger partial charge in [-0.2, -0.15) is 10.1 Å². The summed E-state index contributed by atoms with van der Waals surface area (Å²) in [7, 11) is 3.24. The Morgan fingerprint density at radius 3 is 2.89 bits per heavy atom. The van der Waals surface area contributed by atoms with Crippen LogP contribution in [-0.4, -0.2) is 40.6 Å². The van der Waals surface area contributed by atoms with E-state index in [1.165, 1.54) is 0 Å². The van der Waals surface area contributed by atoms with Gasteiger partial charge in [-0.25, -0.2) is 4.98 Å². The predicted molar refractivity (Wildman–Crippen MR) is 70.7 cm³/mol. The SMILES string of the molecule is COCCn1cc(Nc2cc(OC)nc(C)n2)cn1. The van der Waals surface area contributed by atoms with E-state index in [-0.39, 0.29) is 0 Å². The lowest BCUT2D eigenvalue weighted by Gasteiger charge is -2.05. The van der Waals surface area contributed by atoms with Gasteiger partial charge in [0.25, 0.3) is 0 Å². The first-order valence-electron chi connectivity index (χ1n) is 5.89. The van der Waals surface area contributed by atoms with Crippen molar-refractivity contribution in [2.45, 2.75) is 13.5 Å². The second-order valence-corrected chi connectivity index (χ2v) is 3.95. The quantitative estimate of drug-likeness (QED) is 0.848. The molecule has 1 N–H and O–H groups in total.